The Kier molecular flexibility index (Phi) is 6.46. The highest BCUT2D eigenvalue weighted by Gasteiger charge is 2.51. The van der Waals surface area contributed by atoms with Crippen LogP contribution in [0.4, 0.5) is 23.7 Å². The van der Waals surface area contributed by atoms with Crippen molar-refractivity contribution in [2.45, 2.75) is 26.4 Å². The lowest BCUT2D eigenvalue weighted by atomic mass is 9.74. The highest BCUT2D eigenvalue weighted by Crippen LogP contribution is 2.45. The molecule has 0 radical (unpaired) electrons. The van der Waals surface area contributed by atoms with Crippen LogP contribution in [0.2, 0.25) is 0 Å². The third kappa shape index (κ3) is 4.33. The number of ether oxygens (including phenoxy) is 1. The van der Waals surface area contributed by atoms with Gasteiger partial charge in [-0.3, -0.25) is 0 Å². The first-order valence-corrected chi connectivity index (χ1v) is 10.2. The Labute approximate surface area is 174 Å². The number of benzene rings is 1. The van der Waals surface area contributed by atoms with Gasteiger partial charge >= 0.3 is 12.2 Å². The number of nitrogens with zero attached hydrogens (tertiary/aromatic N) is 3. The highest BCUT2D eigenvalue weighted by atomic mass is 19.4. The van der Waals surface area contributed by atoms with E-state index in [9.17, 15) is 18.0 Å². The molecule has 1 aromatic carbocycles. The Morgan fingerprint density at radius 1 is 1.37 bits per heavy atom. The van der Waals surface area contributed by atoms with Gasteiger partial charge in [-0.15, -0.1) is 0 Å². The van der Waals surface area contributed by atoms with E-state index in [1.807, 2.05) is 18.7 Å². The molecule has 2 saturated heterocycles. The van der Waals surface area contributed by atoms with E-state index in [1.165, 1.54) is 6.07 Å². The second-order valence-electron chi connectivity index (χ2n) is 7.96. The molecule has 0 unspecified atom stereocenters. The first kappa shape index (κ1) is 22.2. The van der Waals surface area contributed by atoms with E-state index in [0.29, 0.717) is 51.6 Å². The molecule has 1 aromatic rings. The van der Waals surface area contributed by atoms with Crippen molar-refractivity contribution in [2.24, 2.45) is 11.3 Å². The quantitative estimate of drug-likeness (QED) is 0.786. The molecule has 0 aromatic heterocycles. The van der Waals surface area contributed by atoms with Crippen LogP contribution in [0, 0.1) is 22.7 Å². The molecule has 2 aliphatic rings. The van der Waals surface area contributed by atoms with Gasteiger partial charge in [0, 0.05) is 50.4 Å². The number of alkyl halides is 3. The van der Waals surface area contributed by atoms with Gasteiger partial charge in [0.05, 0.1) is 23.8 Å². The van der Waals surface area contributed by atoms with Crippen molar-refractivity contribution in [2.75, 3.05) is 50.8 Å². The van der Waals surface area contributed by atoms with Gasteiger partial charge in [-0.1, -0.05) is 0 Å². The van der Waals surface area contributed by atoms with Gasteiger partial charge in [0.25, 0.3) is 0 Å². The minimum Gasteiger partial charge on any atom is -0.381 e. The molecular formula is C21H27F3N4O2. The average Bonchev–Trinajstić information content (AvgIpc) is 3.10. The fraction of sp³-hybridized carbons (Fsp3) is 0.619. The Morgan fingerprint density at radius 3 is 2.77 bits per heavy atom. The van der Waals surface area contributed by atoms with E-state index in [0.717, 1.165) is 12.5 Å². The minimum absolute atomic E-state index is 0.122. The number of halogens is 3. The predicted molar refractivity (Wildman–Crippen MR) is 106 cm³/mol. The lowest BCUT2D eigenvalue weighted by molar-refractivity contribution is -0.137. The summed E-state index contributed by atoms with van der Waals surface area (Å²) in [5.41, 5.74) is -1.20. The number of carbonyl (C=O) groups is 1. The van der Waals surface area contributed by atoms with Gasteiger partial charge in [-0.25, -0.2) is 4.79 Å². The summed E-state index contributed by atoms with van der Waals surface area (Å²) in [6.07, 6.45) is -3.82. The second kappa shape index (κ2) is 8.72. The van der Waals surface area contributed by atoms with Crippen molar-refractivity contribution in [1.82, 2.24) is 10.2 Å². The number of carbonyl (C=O) groups excluding carboxylic acids is 1. The van der Waals surface area contributed by atoms with E-state index in [-0.39, 0.29) is 22.9 Å². The fourth-order valence-electron chi connectivity index (χ4n) is 4.59. The van der Waals surface area contributed by atoms with Gasteiger partial charge in [0.1, 0.15) is 0 Å². The number of urea groups is 1. The molecule has 0 bridgehead atoms. The summed E-state index contributed by atoms with van der Waals surface area (Å²) >= 11 is 0. The largest absolute Gasteiger partial charge is 0.417 e. The molecule has 0 spiro atoms. The molecule has 2 fully saturated rings. The Bertz CT molecular complexity index is 823. The number of rotatable bonds is 5. The van der Waals surface area contributed by atoms with Crippen LogP contribution in [0.3, 0.4) is 0 Å². The maximum Gasteiger partial charge on any atom is 0.417 e. The van der Waals surface area contributed by atoms with E-state index < -0.39 is 11.7 Å². The number of fused-ring (bicyclic) bond motifs is 1. The van der Waals surface area contributed by atoms with E-state index in [2.05, 4.69) is 5.32 Å². The lowest BCUT2D eigenvalue weighted by Gasteiger charge is -2.43. The zero-order valence-corrected chi connectivity index (χ0v) is 17.3. The zero-order valence-electron chi connectivity index (χ0n) is 17.3. The van der Waals surface area contributed by atoms with Gasteiger partial charge < -0.3 is 19.9 Å². The summed E-state index contributed by atoms with van der Waals surface area (Å²) in [6.45, 7) is 7.49. The van der Waals surface area contributed by atoms with Crippen molar-refractivity contribution in [1.29, 1.82) is 5.26 Å². The number of hydrogen-bond acceptors (Lipinski definition) is 4. The molecule has 2 aliphatic heterocycles. The van der Waals surface area contributed by atoms with Crippen LogP contribution < -0.4 is 10.2 Å². The monoisotopic (exact) mass is 424 g/mol. The van der Waals surface area contributed by atoms with Gasteiger partial charge in [-0.2, -0.15) is 18.4 Å². The molecule has 1 N–H and O–H groups in total. The third-order valence-electron chi connectivity index (χ3n) is 6.07. The molecule has 9 heteroatoms. The third-order valence-corrected chi connectivity index (χ3v) is 6.07. The predicted octanol–water partition coefficient (Wildman–Crippen LogP) is 3.47. The zero-order chi connectivity index (χ0) is 21.9. The molecule has 2 heterocycles. The number of nitrogens with one attached hydrogen (secondary N) is 1. The summed E-state index contributed by atoms with van der Waals surface area (Å²) in [5, 5.41) is 11.9. The number of amides is 2. The topological polar surface area (TPSA) is 68.6 Å². The molecule has 6 nitrogen and oxygen atoms in total. The molecule has 2 atom stereocenters. The summed E-state index contributed by atoms with van der Waals surface area (Å²) < 4.78 is 46.0. The fourth-order valence-corrected chi connectivity index (χ4v) is 4.59. The van der Waals surface area contributed by atoms with Gasteiger partial charge in [0.2, 0.25) is 0 Å². The van der Waals surface area contributed by atoms with Crippen LogP contribution in [-0.4, -0.2) is 56.9 Å². The molecule has 30 heavy (non-hydrogen) atoms. The molecular weight excluding hydrogens is 397 g/mol. The average molecular weight is 424 g/mol. The van der Waals surface area contributed by atoms with Crippen molar-refractivity contribution in [3.05, 3.63) is 29.3 Å². The number of piperidine rings is 1. The highest BCUT2D eigenvalue weighted by molar-refractivity contribution is 5.74. The first-order valence-electron chi connectivity index (χ1n) is 10.2. The van der Waals surface area contributed by atoms with Crippen LogP contribution in [0.5, 0.6) is 0 Å². The maximum absolute atomic E-state index is 13.4. The molecule has 0 saturated carbocycles. The Hall–Kier alpha value is -2.47. The van der Waals surface area contributed by atoms with Crippen molar-refractivity contribution < 1.29 is 22.7 Å². The van der Waals surface area contributed by atoms with Crippen LogP contribution in [0.15, 0.2) is 18.2 Å². The molecule has 2 amide bonds. The molecule has 3 rings (SSSR count). The standard InChI is InChI=1S/C21H27F3N4O2/c1-3-26-19(29)27-8-7-16-11-28(13-20(16,12-27)14-30-4-2)17-6-5-15(10-25)18(9-17)21(22,23)24/h5-6,9,16H,3-4,7-8,11-14H2,1-2H3,(H,26,29)/t16-,20+/m0/s1. The summed E-state index contributed by atoms with van der Waals surface area (Å²) in [6, 6.07) is 5.37. The number of anilines is 1. The summed E-state index contributed by atoms with van der Waals surface area (Å²) in [4.78, 5) is 16.1. The van der Waals surface area contributed by atoms with Crippen LogP contribution >= 0.6 is 0 Å². The number of nitriles is 1. The van der Waals surface area contributed by atoms with E-state index in [4.69, 9.17) is 10.00 Å². The molecule has 0 aliphatic carbocycles. The number of hydrogen-bond donors (Lipinski definition) is 1. The van der Waals surface area contributed by atoms with Crippen LogP contribution in [0.1, 0.15) is 31.4 Å². The smallest absolute Gasteiger partial charge is 0.381 e. The van der Waals surface area contributed by atoms with E-state index >= 15 is 0 Å². The van der Waals surface area contributed by atoms with Crippen molar-refractivity contribution >= 4 is 11.7 Å². The summed E-state index contributed by atoms with van der Waals surface area (Å²) in [7, 11) is 0. The van der Waals surface area contributed by atoms with Gasteiger partial charge in [0.15, 0.2) is 0 Å². The Balaban J connectivity index is 1.88. The number of likely N-dealkylation sites (tertiary alicyclic amines) is 1. The lowest BCUT2D eigenvalue weighted by Crippen LogP contribution is -2.55. The Morgan fingerprint density at radius 2 is 2.13 bits per heavy atom. The van der Waals surface area contributed by atoms with Crippen molar-refractivity contribution in [3.63, 3.8) is 0 Å². The first-order chi connectivity index (χ1) is 14.2. The van der Waals surface area contributed by atoms with Crippen molar-refractivity contribution in [3.8, 4) is 6.07 Å². The SMILES string of the molecule is CCNC(=O)N1CC[C@H]2CN(c3ccc(C#N)c(C(F)(F)F)c3)C[C@@]2(COCC)C1. The summed E-state index contributed by atoms with van der Waals surface area (Å²) in [5.74, 6) is 0.208. The van der Waals surface area contributed by atoms with E-state index in [1.54, 1.807) is 17.0 Å². The molecule has 164 valence electrons. The maximum atomic E-state index is 13.4. The van der Waals surface area contributed by atoms with Crippen LogP contribution in [0.25, 0.3) is 0 Å². The normalized spacial score (nSPS) is 23.8. The van der Waals surface area contributed by atoms with Gasteiger partial charge in [-0.05, 0) is 44.4 Å². The minimum atomic E-state index is -4.59. The van der Waals surface area contributed by atoms with Crippen LogP contribution in [-0.2, 0) is 10.9 Å². The second-order valence-corrected chi connectivity index (χ2v) is 7.96.